The first-order valence-electron chi connectivity index (χ1n) is 4.32. The Labute approximate surface area is 73.3 Å². The zero-order chi connectivity index (χ0) is 9.35. The molecule has 0 aliphatic carbocycles. The first-order chi connectivity index (χ1) is 5.42. The van der Waals surface area contributed by atoms with E-state index in [1.807, 2.05) is 13.8 Å². The largest absolute Gasteiger partial charge is 0.312 e. The molecule has 0 radical (unpaired) electrons. The summed E-state index contributed by atoms with van der Waals surface area (Å²) in [6.45, 7) is 7.88. The van der Waals surface area contributed by atoms with E-state index >= 15 is 0 Å². The number of hydrogen-bond acceptors (Lipinski definition) is 2. The predicted molar refractivity (Wildman–Crippen MR) is 49.1 cm³/mol. The van der Waals surface area contributed by atoms with E-state index < -0.39 is 5.54 Å². The Kier molecular flexibility index (Phi) is 2.22. The van der Waals surface area contributed by atoms with Crippen LogP contribution in [0.4, 0.5) is 0 Å². The molecule has 0 saturated carbocycles. The molecule has 0 saturated heterocycles. The normalized spacial score (nSPS) is 21.1. The molecular weight excluding hydrogens is 152 g/mol. The molecule has 0 unspecified atom stereocenters. The third-order valence-corrected chi connectivity index (χ3v) is 1.83. The minimum atomic E-state index is -0.551. The van der Waals surface area contributed by atoms with Gasteiger partial charge < -0.3 is 5.32 Å². The number of carbonyl (C=O) groups is 1. The number of rotatable bonds is 2. The van der Waals surface area contributed by atoms with Crippen molar-refractivity contribution in [1.29, 1.82) is 0 Å². The van der Waals surface area contributed by atoms with Crippen LogP contribution in [0.1, 0.15) is 34.1 Å². The molecule has 1 amide bonds. The van der Waals surface area contributed by atoms with Gasteiger partial charge in [-0.3, -0.25) is 9.79 Å². The summed E-state index contributed by atoms with van der Waals surface area (Å²) in [5.74, 6) is 1.39. The Balaban J connectivity index is 2.66. The second-order valence-electron chi connectivity index (χ2n) is 4.17. The molecule has 0 spiro atoms. The Morgan fingerprint density at radius 1 is 1.50 bits per heavy atom. The molecule has 1 rings (SSSR count). The van der Waals surface area contributed by atoms with Crippen molar-refractivity contribution >= 4 is 11.7 Å². The van der Waals surface area contributed by atoms with Crippen molar-refractivity contribution in [3.63, 3.8) is 0 Å². The standard InChI is InChI=1S/C9H16N2O/c1-6(2)5-7-10-8(12)9(3,4)11-7/h6H,5H2,1-4H3,(H,10,11,12). The molecule has 1 N–H and O–H groups in total. The molecular formula is C9H16N2O. The molecule has 0 atom stereocenters. The molecule has 0 bridgehead atoms. The SMILES string of the molecule is CC(C)CC1=NC(C)(C)C(=O)N1. The molecule has 3 heteroatoms. The maximum atomic E-state index is 11.3. The highest BCUT2D eigenvalue weighted by atomic mass is 16.2. The lowest BCUT2D eigenvalue weighted by atomic mass is 10.1. The Hall–Kier alpha value is -0.860. The van der Waals surface area contributed by atoms with Gasteiger partial charge in [0.15, 0.2) is 0 Å². The third-order valence-electron chi connectivity index (χ3n) is 1.83. The summed E-state index contributed by atoms with van der Waals surface area (Å²) in [5.41, 5.74) is -0.551. The van der Waals surface area contributed by atoms with Crippen molar-refractivity contribution in [3.05, 3.63) is 0 Å². The fourth-order valence-electron chi connectivity index (χ4n) is 1.18. The van der Waals surface area contributed by atoms with Crippen molar-refractivity contribution in [2.45, 2.75) is 39.7 Å². The van der Waals surface area contributed by atoms with E-state index in [0.29, 0.717) is 5.92 Å². The first kappa shape index (κ1) is 9.23. The number of carbonyl (C=O) groups excluding carboxylic acids is 1. The zero-order valence-electron chi connectivity index (χ0n) is 8.14. The minimum Gasteiger partial charge on any atom is -0.312 e. The lowest BCUT2D eigenvalue weighted by Crippen LogP contribution is -2.34. The second kappa shape index (κ2) is 2.88. The van der Waals surface area contributed by atoms with Crippen LogP contribution in [-0.4, -0.2) is 17.3 Å². The van der Waals surface area contributed by atoms with Gasteiger partial charge >= 0.3 is 0 Å². The van der Waals surface area contributed by atoms with Gasteiger partial charge in [-0.1, -0.05) is 13.8 Å². The number of amides is 1. The van der Waals surface area contributed by atoms with Gasteiger partial charge in [0.1, 0.15) is 11.4 Å². The van der Waals surface area contributed by atoms with Crippen LogP contribution in [0.15, 0.2) is 4.99 Å². The van der Waals surface area contributed by atoms with E-state index in [1.54, 1.807) is 0 Å². The highest BCUT2D eigenvalue weighted by molar-refractivity contribution is 6.07. The van der Waals surface area contributed by atoms with E-state index in [2.05, 4.69) is 24.2 Å². The topological polar surface area (TPSA) is 41.5 Å². The molecule has 0 aromatic heterocycles. The van der Waals surface area contributed by atoms with Crippen molar-refractivity contribution in [2.75, 3.05) is 0 Å². The molecule has 12 heavy (non-hydrogen) atoms. The Bertz CT molecular complexity index is 229. The summed E-state index contributed by atoms with van der Waals surface area (Å²) in [4.78, 5) is 15.6. The average Bonchev–Trinajstić information content (AvgIpc) is 2.04. The summed E-state index contributed by atoms with van der Waals surface area (Å²) < 4.78 is 0. The van der Waals surface area contributed by atoms with Crippen molar-refractivity contribution in [2.24, 2.45) is 10.9 Å². The molecule has 1 heterocycles. The molecule has 68 valence electrons. The van der Waals surface area contributed by atoms with Crippen LogP contribution in [0.2, 0.25) is 0 Å². The average molecular weight is 168 g/mol. The van der Waals surface area contributed by atoms with Crippen LogP contribution in [0.5, 0.6) is 0 Å². The first-order valence-corrected chi connectivity index (χ1v) is 4.32. The number of nitrogens with zero attached hydrogens (tertiary/aromatic N) is 1. The van der Waals surface area contributed by atoms with Gasteiger partial charge in [-0.25, -0.2) is 0 Å². The fraction of sp³-hybridized carbons (Fsp3) is 0.778. The lowest BCUT2D eigenvalue weighted by Gasteiger charge is -2.07. The van der Waals surface area contributed by atoms with Crippen LogP contribution in [0.25, 0.3) is 0 Å². The lowest BCUT2D eigenvalue weighted by molar-refractivity contribution is -0.122. The number of nitrogens with one attached hydrogen (secondary N) is 1. The summed E-state index contributed by atoms with van der Waals surface area (Å²) in [6.07, 6.45) is 0.856. The molecule has 3 nitrogen and oxygen atoms in total. The van der Waals surface area contributed by atoms with Gasteiger partial charge in [0.25, 0.3) is 5.91 Å². The van der Waals surface area contributed by atoms with Gasteiger partial charge in [-0.15, -0.1) is 0 Å². The maximum Gasteiger partial charge on any atom is 0.252 e. The van der Waals surface area contributed by atoms with E-state index in [1.165, 1.54) is 0 Å². The summed E-state index contributed by atoms with van der Waals surface area (Å²) >= 11 is 0. The maximum absolute atomic E-state index is 11.3. The van der Waals surface area contributed by atoms with Crippen LogP contribution >= 0.6 is 0 Å². The molecule has 0 fully saturated rings. The van der Waals surface area contributed by atoms with Crippen molar-refractivity contribution in [3.8, 4) is 0 Å². The Morgan fingerprint density at radius 2 is 2.08 bits per heavy atom. The molecule has 1 aliphatic heterocycles. The van der Waals surface area contributed by atoms with Crippen LogP contribution in [-0.2, 0) is 4.79 Å². The molecule has 0 aromatic carbocycles. The summed E-state index contributed by atoms with van der Waals surface area (Å²) in [5, 5.41) is 2.79. The van der Waals surface area contributed by atoms with Gasteiger partial charge in [0.05, 0.1) is 0 Å². The highest BCUT2D eigenvalue weighted by Crippen LogP contribution is 2.16. The molecule has 1 aliphatic rings. The molecule has 0 aromatic rings. The summed E-state index contributed by atoms with van der Waals surface area (Å²) in [6, 6.07) is 0. The van der Waals surface area contributed by atoms with E-state index in [0.717, 1.165) is 12.3 Å². The van der Waals surface area contributed by atoms with E-state index in [4.69, 9.17) is 0 Å². The minimum absolute atomic E-state index is 0.0122. The highest BCUT2D eigenvalue weighted by Gasteiger charge is 2.33. The quantitative estimate of drug-likeness (QED) is 0.664. The second-order valence-corrected chi connectivity index (χ2v) is 4.17. The van der Waals surface area contributed by atoms with Crippen LogP contribution < -0.4 is 5.32 Å². The van der Waals surface area contributed by atoms with Crippen LogP contribution in [0.3, 0.4) is 0 Å². The van der Waals surface area contributed by atoms with Gasteiger partial charge in [0.2, 0.25) is 0 Å². The predicted octanol–water partition coefficient (Wildman–Crippen LogP) is 1.34. The van der Waals surface area contributed by atoms with E-state index in [9.17, 15) is 4.79 Å². The number of aliphatic imine (C=N–C) groups is 1. The third kappa shape index (κ3) is 1.84. The van der Waals surface area contributed by atoms with Crippen LogP contribution in [0, 0.1) is 5.92 Å². The van der Waals surface area contributed by atoms with Gasteiger partial charge in [-0.2, -0.15) is 0 Å². The van der Waals surface area contributed by atoms with Crippen molar-refractivity contribution in [1.82, 2.24) is 5.32 Å². The fourth-order valence-corrected chi connectivity index (χ4v) is 1.18. The van der Waals surface area contributed by atoms with E-state index in [-0.39, 0.29) is 5.91 Å². The van der Waals surface area contributed by atoms with Gasteiger partial charge in [0, 0.05) is 6.42 Å². The smallest absolute Gasteiger partial charge is 0.252 e. The number of amidine groups is 1. The number of hydrogen-bond donors (Lipinski definition) is 1. The summed E-state index contributed by atoms with van der Waals surface area (Å²) in [7, 11) is 0. The van der Waals surface area contributed by atoms with Gasteiger partial charge in [-0.05, 0) is 19.8 Å². The Morgan fingerprint density at radius 3 is 2.42 bits per heavy atom. The zero-order valence-corrected chi connectivity index (χ0v) is 8.14. The monoisotopic (exact) mass is 168 g/mol. The van der Waals surface area contributed by atoms with Crippen molar-refractivity contribution < 1.29 is 4.79 Å².